The second-order valence-electron chi connectivity index (χ2n) is 11.8. The normalized spacial score (nSPS) is 22.0. The van der Waals surface area contributed by atoms with Gasteiger partial charge in [-0.05, 0) is 40.2 Å². The number of rotatable bonds is 9. The third-order valence-electron chi connectivity index (χ3n) is 7.75. The molecule has 1 saturated heterocycles. The Labute approximate surface area is 225 Å². The first kappa shape index (κ1) is 26.3. The van der Waals surface area contributed by atoms with Crippen LogP contribution >= 0.6 is 0 Å². The van der Waals surface area contributed by atoms with Crippen molar-refractivity contribution in [3.05, 3.63) is 97.6 Å². The Hall–Kier alpha value is -3.34. The van der Waals surface area contributed by atoms with Crippen LogP contribution in [0, 0.1) is 10.8 Å². The molecular weight excluding hydrogens is 472 g/mol. The van der Waals surface area contributed by atoms with Crippen LogP contribution in [0.15, 0.2) is 97.6 Å². The summed E-state index contributed by atoms with van der Waals surface area (Å²) in [5.41, 5.74) is -0.392. The number of allylic oxidation sites excluding steroid dienone is 1. The highest BCUT2D eigenvalue weighted by molar-refractivity contribution is 5.89. The molecule has 1 heterocycles. The van der Waals surface area contributed by atoms with Gasteiger partial charge in [-0.25, -0.2) is 0 Å². The van der Waals surface area contributed by atoms with Crippen molar-refractivity contribution in [3.63, 3.8) is 0 Å². The molecule has 0 spiro atoms. The fourth-order valence-electron chi connectivity index (χ4n) is 6.01. The minimum atomic E-state index is -0.537. The van der Waals surface area contributed by atoms with E-state index in [-0.39, 0.29) is 23.5 Å². The zero-order valence-corrected chi connectivity index (χ0v) is 22.8. The summed E-state index contributed by atoms with van der Waals surface area (Å²) in [6.07, 6.45) is 1.01. The minimum Gasteiger partial charge on any atom is -0.483 e. The predicted molar refractivity (Wildman–Crippen MR) is 155 cm³/mol. The van der Waals surface area contributed by atoms with E-state index < -0.39 is 18.3 Å². The fourth-order valence-corrected chi connectivity index (χ4v) is 6.01. The van der Waals surface area contributed by atoms with Crippen LogP contribution in [-0.4, -0.2) is 36.1 Å². The molecule has 4 nitrogen and oxygen atoms in total. The maximum absolute atomic E-state index is 10.5. The Morgan fingerprint density at radius 2 is 1.26 bits per heavy atom. The Kier molecular flexibility index (Phi) is 7.21. The monoisotopic (exact) mass is 510 g/mol. The lowest BCUT2D eigenvalue weighted by atomic mass is 9.71. The SMILES string of the molecule is C=CC(C)(C)CC(C)(C)C1OC(CO)C(Oc2cccc3ccccc23)C1Oc1cccc2ccccc12. The lowest BCUT2D eigenvalue weighted by Crippen LogP contribution is -2.48. The largest absolute Gasteiger partial charge is 0.483 e. The number of hydrogen-bond donors (Lipinski definition) is 1. The van der Waals surface area contributed by atoms with Gasteiger partial charge in [0, 0.05) is 10.8 Å². The molecule has 0 bridgehead atoms. The molecule has 1 aliphatic rings. The quantitative estimate of drug-likeness (QED) is 0.236. The maximum Gasteiger partial charge on any atom is 0.166 e. The highest BCUT2D eigenvalue weighted by Crippen LogP contribution is 2.45. The summed E-state index contributed by atoms with van der Waals surface area (Å²) in [4.78, 5) is 0. The second-order valence-corrected chi connectivity index (χ2v) is 11.8. The lowest BCUT2D eigenvalue weighted by molar-refractivity contribution is -0.0751. The van der Waals surface area contributed by atoms with Crippen LogP contribution < -0.4 is 9.47 Å². The van der Waals surface area contributed by atoms with Gasteiger partial charge >= 0.3 is 0 Å². The first-order valence-corrected chi connectivity index (χ1v) is 13.4. The van der Waals surface area contributed by atoms with Gasteiger partial charge in [-0.1, -0.05) is 107 Å². The van der Waals surface area contributed by atoms with Gasteiger partial charge < -0.3 is 19.3 Å². The maximum atomic E-state index is 10.5. The van der Waals surface area contributed by atoms with Gasteiger partial charge in [-0.3, -0.25) is 0 Å². The molecule has 1 fully saturated rings. The van der Waals surface area contributed by atoms with Gasteiger partial charge in [-0.2, -0.15) is 0 Å². The van der Waals surface area contributed by atoms with Crippen molar-refractivity contribution in [1.82, 2.24) is 0 Å². The van der Waals surface area contributed by atoms with Gasteiger partial charge in [-0.15, -0.1) is 6.58 Å². The van der Waals surface area contributed by atoms with Crippen LogP contribution in [0.25, 0.3) is 21.5 Å². The van der Waals surface area contributed by atoms with Gasteiger partial charge in [0.15, 0.2) is 12.2 Å². The number of benzene rings is 4. The van der Waals surface area contributed by atoms with E-state index in [1.54, 1.807) is 0 Å². The zero-order chi connectivity index (χ0) is 26.9. The van der Waals surface area contributed by atoms with Crippen molar-refractivity contribution < 1.29 is 19.3 Å². The van der Waals surface area contributed by atoms with Crippen molar-refractivity contribution in [2.45, 2.75) is 58.5 Å². The summed E-state index contributed by atoms with van der Waals surface area (Å²) in [6.45, 7) is 12.7. The number of aliphatic hydroxyl groups is 1. The van der Waals surface area contributed by atoms with E-state index >= 15 is 0 Å². The number of fused-ring (bicyclic) bond motifs is 2. The van der Waals surface area contributed by atoms with Crippen molar-refractivity contribution >= 4 is 21.5 Å². The van der Waals surface area contributed by atoms with Crippen LogP contribution in [0.3, 0.4) is 0 Å². The Morgan fingerprint density at radius 3 is 1.79 bits per heavy atom. The highest BCUT2D eigenvalue weighted by atomic mass is 16.6. The molecule has 0 amide bonds. The Bertz CT molecular complexity index is 1410. The molecular formula is C34H38O4. The van der Waals surface area contributed by atoms with Gasteiger partial charge in [0.05, 0.1) is 6.61 Å². The first-order chi connectivity index (χ1) is 18.2. The summed E-state index contributed by atoms with van der Waals surface area (Å²) in [5, 5.41) is 14.7. The summed E-state index contributed by atoms with van der Waals surface area (Å²) >= 11 is 0. The van der Waals surface area contributed by atoms with E-state index in [4.69, 9.17) is 14.2 Å². The molecule has 0 saturated carbocycles. The Balaban J connectivity index is 1.58. The van der Waals surface area contributed by atoms with E-state index in [1.807, 2.05) is 54.6 Å². The number of aliphatic hydroxyl groups excluding tert-OH is 1. The van der Waals surface area contributed by atoms with E-state index in [2.05, 4.69) is 70.7 Å². The molecule has 0 radical (unpaired) electrons. The van der Waals surface area contributed by atoms with Gasteiger partial charge in [0.2, 0.25) is 0 Å². The molecule has 4 aromatic rings. The smallest absolute Gasteiger partial charge is 0.166 e. The molecule has 198 valence electrons. The average molecular weight is 511 g/mol. The summed E-state index contributed by atoms with van der Waals surface area (Å²) in [6, 6.07) is 28.5. The van der Waals surface area contributed by atoms with Crippen molar-refractivity contribution in [2.75, 3.05) is 6.61 Å². The standard InChI is InChI=1S/C34H38O4/c1-6-33(2,3)22-34(4,5)32-31(37-28-20-12-16-24-14-8-10-18-26(24)28)30(29(21-35)38-32)36-27-19-11-15-23-13-7-9-17-25(23)27/h6-20,29-32,35H,1,21-22H2,2-5H3. The molecule has 4 unspecified atom stereocenters. The molecule has 4 heteroatoms. The zero-order valence-electron chi connectivity index (χ0n) is 22.8. The molecule has 4 atom stereocenters. The van der Waals surface area contributed by atoms with Crippen LogP contribution in [-0.2, 0) is 4.74 Å². The number of hydrogen-bond acceptors (Lipinski definition) is 4. The first-order valence-electron chi connectivity index (χ1n) is 13.4. The van der Waals surface area contributed by atoms with E-state index in [9.17, 15) is 5.11 Å². The third-order valence-corrected chi connectivity index (χ3v) is 7.75. The summed E-state index contributed by atoms with van der Waals surface area (Å²) < 4.78 is 20.2. The molecule has 4 aromatic carbocycles. The molecule has 1 aliphatic heterocycles. The van der Waals surface area contributed by atoms with Gasteiger partial charge in [0.25, 0.3) is 0 Å². The van der Waals surface area contributed by atoms with Crippen LogP contribution in [0.1, 0.15) is 34.1 Å². The van der Waals surface area contributed by atoms with E-state index in [0.29, 0.717) is 0 Å². The predicted octanol–water partition coefficient (Wildman–Crippen LogP) is 7.58. The summed E-state index contributed by atoms with van der Waals surface area (Å²) in [5.74, 6) is 1.54. The van der Waals surface area contributed by atoms with E-state index in [0.717, 1.165) is 39.5 Å². The summed E-state index contributed by atoms with van der Waals surface area (Å²) in [7, 11) is 0. The fraction of sp³-hybridized carbons (Fsp3) is 0.353. The average Bonchev–Trinajstić information content (AvgIpc) is 3.26. The van der Waals surface area contributed by atoms with Crippen molar-refractivity contribution in [2.24, 2.45) is 10.8 Å². The van der Waals surface area contributed by atoms with Crippen LogP contribution in [0.5, 0.6) is 11.5 Å². The topological polar surface area (TPSA) is 47.9 Å². The van der Waals surface area contributed by atoms with Crippen LogP contribution in [0.4, 0.5) is 0 Å². The molecule has 0 aliphatic carbocycles. The second kappa shape index (κ2) is 10.4. The Morgan fingerprint density at radius 1 is 0.763 bits per heavy atom. The highest BCUT2D eigenvalue weighted by Gasteiger charge is 2.54. The molecule has 38 heavy (non-hydrogen) atoms. The third kappa shape index (κ3) is 5.16. The van der Waals surface area contributed by atoms with Crippen LogP contribution in [0.2, 0.25) is 0 Å². The molecule has 0 aromatic heterocycles. The number of ether oxygens (including phenoxy) is 3. The minimum absolute atomic E-state index is 0.0971. The molecule has 5 rings (SSSR count). The van der Waals surface area contributed by atoms with Gasteiger partial charge in [0.1, 0.15) is 23.7 Å². The van der Waals surface area contributed by atoms with Crippen molar-refractivity contribution in [1.29, 1.82) is 0 Å². The lowest BCUT2D eigenvalue weighted by Gasteiger charge is -2.39. The van der Waals surface area contributed by atoms with Crippen molar-refractivity contribution in [3.8, 4) is 11.5 Å². The molecule has 1 N–H and O–H groups in total. The van der Waals surface area contributed by atoms with E-state index in [1.165, 1.54) is 0 Å².